The number of rotatable bonds is 5. The summed E-state index contributed by atoms with van der Waals surface area (Å²) in [6.07, 6.45) is 0. The molecule has 0 spiro atoms. The maximum atomic E-state index is 14.0. The highest BCUT2D eigenvalue weighted by atomic mass is 35.5. The summed E-state index contributed by atoms with van der Waals surface area (Å²) in [5, 5.41) is -0.295. The molecule has 1 aromatic carbocycles. The predicted molar refractivity (Wildman–Crippen MR) is 79.7 cm³/mol. The van der Waals surface area contributed by atoms with Gasteiger partial charge in [0.05, 0.1) is 5.02 Å². The summed E-state index contributed by atoms with van der Waals surface area (Å²) < 4.78 is 40.5. The molecule has 20 heavy (non-hydrogen) atoms. The topological polar surface area (TPSA) is 63.4 Å². The van der Waals surface area contributed by atoms with Gasteiger partial charge >= 0.3 is 0 Å². The number of nitrogens with zero attached hydrogens (tertiary/aromatic N) is 1. The number of hydrogen-bond acceptors (Lipinski definition) is 3. The Labute approximate surface area is 124 Å². The first-order valence-electron chi connectivity index (χ1n) is 6.33. The summed E-state index contributed by atoms with van der Waals surface area (Å²) in [5.41, 5.74) is 5.68. The first-order chi connectivity index (χ1) is 9.07. The third-order valence-corrected chi connectivity index (χ3v) is 5.04. The Balaban J connectivity index is 3.41. The van der Waals surface area contributed by atoms with Gasteiger partial charge in [0, 0.05) is 18.3 Å². The van der Waals surface area contributed by atoms with Crippen LogP contribution in [0, 0.1) is 11.7 Å². The number of anilines is 1. The molecule has 4 nitrogen and oxygen atoms in total. The van der Waals surface area contributed by atoms with Crippen molar-refractivity contribution in [2.24, 2.45) is 5.92 Å². The minimum absolute atomic E-state index is 0.114. The van der Waals surface area contributed by atoms with Gasteiger partial charge in [-0.25, -0.2) is 12.8 Å². The molecule has 0 heterocycles. The van der Waals surface area contributed by atoms with Crippen molar-refractivity contribution in [1.29, 1.82) is 0 Å². The summed E-state index contributed by atoms with van der Waals surface area (Å²) >= 11 is 5.68. The van der Waals surface area contributed by atoms with Gasteiger partial charge in [-0.2, -0.15) is 4.31 Å². The van der Waals surface area contributed by atoms with E-state index >= 15 is 0 Å². The zero-order chi connectivity index (χ0) is 15.7. The maximum Gasteiger partial charge on any atom is 0.246 e. The molecule has 7 heteroatoms. The van der Waals surface area contributed by atoms with E-state index < -0.39 is 20.7 Å². The van der Waals surface area contributed by atoms with Crippen LogP contribution in [-0.4, -0.2) is 25.3 Å². The van der Waals surface area contributed by atoms with Gasteiger partial charge in [-0.05, 0) is 31.9 Å². The molecule has 0 saturated heterocycles. The lowest BCUT2D eigenvalue weighted by molar-refractivity contribution is 0.317. The van der Waals surface area contributed by atoms with Crippen LogP contribution >= 0.6 is 11.6 Å². The highest BCUT2D eigenvalue weighted by molar-refractivity contribution is 7.89. The van der Waals surface area contributed by atoms with Crippen molar-refractivity contribution >= 4 is 27.3 Å². The van der Waals surface area contributed by atoms with Crippen LogP contribution in [0.2, 0.25) is 5.02 Å². The fourth-order valence-corrected chi connectivity index (χ4v) is 4.05. The zero-order valence-electron chi connectivity index (χ0n) is 12.0. The third-order valence-electron chi connectivity index (χ3n) is 2.72. The van der Waals surface area contributed by atoms with Crippen molar-refractivity contribution in [3.63, 3.8) is 0 Å². The molecule has 0 aromatic heterocycles. The molecular weight excluding hydrogens is 303 g/mol. The van der Waals surface area contributed by atoms with E-state index in [1.54, 1.807) is 13.8 Å². The highest BCUT2D eigenvalue weighted by Gasteiger charge is 2.31. The van der Waals surface area contributed by atoms with E-state index in [1.165, 1.54) is 10.4 Å². The van der Waals surface area contributed by atoms with E-state index in [9.17, 15) is 12.8 Å². The number of nitrogens with two attached hydrogens (primary N) is 1. The van der Waals surface area contributed by atoms with E-state index in [-0.39, 0.29) is 22.7 Å². The Morgan fingerprint density at radius 1 is 1.30 bits per heavy atom. The smallest absolute Gasteiger partial charge is 0.246 e. The zero-order valence-corrected chi connectivity index (χ0v) is 13.6. The molecule has 0 unspecified atom stereocenters. The summed E-state index contributed by atoms with van der Waals surface area (Å²) in [6, 6.07) is 2.01. The average molecular weight is 323 g/mol. The van der Waals surface area contributed by atoms with Gasteiger partial charge in [0.15, 0.2) is 5.82 Å². The largest absolute Gasteiger partial charge is 0.399 e. The minimum atomic E-state index is -3.98. The lowest BCUT2D eigenvalue weighted by Crippen LogP contribution is -2.39. The summed E-state index contributed by atoms with van der Waals surface area (Å²) in [4.78, 5) is -0.475. The maximum absolute atomic E-state index is 14.0. The molecule has 0 aliphatic heterocycles. The highest BCUT2D eigenvalue weighted by Crippen LogP contribution is 2.29. The lowest BCUT2D eigenvalue weighted by Gasteiger charge is -2.27. The van der Waals surface area contributed by atoms with Gasteiger partial charge in [-0.15, -0.1) is 0 Å². The number of sulfonamides is 1. The molecule has 0 fully saturated rings. The van der Waals surface area contributed by atoms with E-state index in [1.807, 2.05) is 13.8 Å². The van der Waals surface area contributed by atoms with Crippen LogP contribution in [-0.2, 0) is 10.0 Å². The molecule has 0 amide bonds. The number of benzene rings is 1. The van der Waals surface area contributed by atoms with Crippen molar-refractivity contribution in [2.45, 2.75) is 38.6 Å². The van der Waals surface area contributed by atoms with Gasteiger partial charge in [-0.1, -0.05) is 25.4 Å². The molecular formula is C13H20ClFN2O2S. The standard InChI is InChI=1S/C13H20ClFN2O2S/c1-8(2)7-17(9(3)4)20(18,19)12-6-10(16)5-11(14)13(12)15/h5-6,8-9H,7,16H2,1-4H3. The molecule has 114 valence electrons. The monoisotopic (exact) mass is 322 g/mol. The Hall–Kier alpha value is -0.850. The van der Waals surface area contributed by atoms with Crippen molar-refractivity contribution < 1.29 is 12.8 Å². The van der Waals surface area contributed by atoms with Gasteiger partial charge in [0.2, 0.25) is 10.0 Å². The van der Waals surface area contributed by atoms with E-state index in [0.717, 1.165) is 6.07 Å². The molecule has 1 rings (SSSR count). The van der Waals surface area contributed by atoms with E-state index in [2.05, 4.69) is 0 Å². The normalized spacial score (nSPS) is 12.7. The second kappa shape index (κ2) is 6.28. The van der Waals surface area contributed by atoms with Crippen LogP contribution in [0.4, 0.5) is 10.1 Å². The molecule has 0 radical (unpaired) electrons. The Morgan fingerprint density at radius 2 is 1.85 bits per heavy atom. The summed E-state index contributed by atoms with van der Waals surface area (Å²) in [7, 11) is -3.98. The van der Waals surface area contributed by atoms with Gasteiger partial charge in [0.1, 0.15) is 4.90 Å². The van der Waals surface area contributed by atoms with Crippen molar-refractivity contribution in [2.75, 3.05) is 12.3 Å². The summed E-state index contributed by atoms with van der Waals surface area (Å²) in [5.74, 6) is -0.845. The van der Waals surface area contributed by atoms with Crippen LogP contribution in [0.3, 0.4) is 0 Å². The molecule has 0 aliphatic carbocycles. The van der Waals surface area contributed by atoms with E-state index in [4.69, 9.17) is 17.3 Å². The second-order valence-corrected chi connectivity index (χ2v) is 7.64. The van der Waals surface area contributed by atoms with Crippen LogP contribution in [0.25, 0.3) is 0 Å². The Kier molecular flexibility index (Phi) is 5.40. The predicted octanol–water partition coefficient (Wildman–Crippen LogP) is 3.12. The molecule has 1 aromatic rings. The number of nitrogen functional groups attached to an aromatic ring is 1. The molecule has 0 atom stereocenters. The van der Waals surface area contributed by atoms with Gasteiger partial charge in [0.25, 0.3) is 0 Å². The minimum Gasteiger partial charge on any atom is -0.399 e. The van der Waals surface area contributed by atoms with Crippen molar-refractivity contribution in [1.82, 2.24) is 4.31 Å². The average Bonchev–Trinajstić information content (AvgIpc) is 2.29. The molecule has 0 saturated carbocycles. The van der Waals surface area contributed by atoms with Crippen LogP contribution in [0.15, 0.2) is 17.0 Å². The van der Waals surface area contributed by atoms with Gasteiger partial charge < -0.3 is 5.73 Å². The van der Waals surface area contributed by atoms with Crippen LogP contribution < -0.4 is 5.73 Å². The SMILES string of the molecule is CC(C)CN(C(C)C)S(=O)(=O)c1cc(N)cc(Cl)c1F. The van der Waals surface area contributed by atoms with Crippen molar-refractivity contribution in [3.05, 3.63) is 23.0 Å². The molecule has 0 aliphatic rings. The second-order valence-electron chi connectivity index (χ2n) is 5.38. The first-order valence-corrected chi connectivity index (χ1v) is 8.15. The third kappa shape index (κ3) is 3.62. The molecule has 0 bridgehead atoms. The number of hydrogen-bond donors (Lipinski definition) is 1. The fraction of sp³-hybridized carbons (Fsp3) is 0.538. The first kappa shape index (κ1) is 17.2. The van der Waals surface area contributed by atoms with Crippen LogP contribution in [0.5, 0.6) is 0 Å². The fourth-order valence-electron chi connectivity index (χ4n) is 1.84. The summed E-state index contributed by atoms with van der Waals surface area (Å²) in [6.45, 7) is 7.57. The number of halogens is 2. The van der Waals surface area contributed by atoms with Gasteiger partial charge in [-0.3, -0.25) is 0 Å². The van der Waals surface area contributed by atoms with E-state index in [0.29, 0.717) is 6.54 Å². The van der Waals surface area contributed by atoms with Crippen molar-refractivity contribution in [3.8, 4) is 0 Å². The Morgan fingerprint density at radius 3 is 2.30 bits per heavy atom. The quantitative estimate of drug-likeness (QED) is 0.847. The molecule has 2 N–H and O–H groups in total. The lowest BCUT2D eigenvalue weighted by atomic mass is 10.2. The van der Waals surface area contributed by atoms with Crippen LogP contribution in [0.1, 0.15) is 27.7 Å². The Bertz CT molecular complexity index is 588.